The Morgan fingerprint density at radius 3 is 2.82 bits per heavy atom. The third-order valence-electron chi connectivity index (χ3n) is 2.40. The summed E-state index contributed by atoms with van der Waals surface area (Å²) in [5.41, 5.74) is 0. The van der Waals surface area contributed by atoms with E-state index in [4.69, 9.17) is 0 Å². The molecule has 0 aromatic carbocycles. The van der Waals surface area contributed by atoms with Gasteiger partial charge in [0.25, 0.3) is 5.91 Å². The zero-order valence-corrected chi connectivity index (χ0v) is 12.5. The van der Waals surface area contributed by atoms with Crippen LogP contribution in [0.4, 0.5) is 0 Å². The van der Waals surface area contributed by atoms with Gasteiger partial charge in [-0.1, -0.05) is 13.0 Å². The van der Waals surface area contributed by atoms with Crippen molar-refractivity contribution in [3.63, 3.8) is 0 Å². The van der Waals surface area contributed by atoms with Crippen molar-refractivity contribution in [1.82, 2.24) is 5.32 Å². The molecule has 1 unspecified atom stereocenters. The Hall–Kier alpha value is -0.650. The first-order valence-corrected chi connectivity index (χ1v) is 7.79. The highest BCUT2D eigenvalue weighted by atomic mass is 79.9. The molecule has 0 bridgehead atoms. The Labute approximate surface area is 117 Å². The maximum atomic E-state index is 12.0. The summed E-state index contributed by atoms with van der Waals surface area (Å²) < 4.78 is 0.979. The molecule has 0 aliphatic heterocycles. The molecule has 90 valence electrons. The third kappa shape index (κ3) is 3.18. The molecule has 0 aliphatic carbocycles. The van der Waals surface area contributed by atoms with E-state index in [0.717, 1.165) is 15.1 Å². The highest BCUT2D eigenvalue weighted by molar-refractivity contribution is 9.11. The molecule has 0 saturated heterocycles. The molecule has 1 atom stereocenters. The summed E-state index contributed by atoms with van der Waals surface area (Å²) in [4.78, 5) is 14.0. The lowest BCUT2D eigenvalue weighted by Crippen LogP contribution is -2.26. The number of carbonyl (C=O) groups is 1. The normalized spacial score (nSPS) is 12.4. The van der Waals surface area contributed by atoms with Crippen molar-refractivity contribution in [2.75, 3.05) is 0 Å². The second kappa shape index (κ2) is 5.80. The number of amides is 1. The van der Waals surface area contributed by atoms with Gasteiger partial charge in [-0.05, 0) is 45.9 Å². The monoisotopic (exact) mass is 329 g/mol. The van der Waals surface area contributed by atoms with Gasteiger partial charge >= 0.3 is 0 Å². The van der Waals surface area contributed by atoms with E-state index < -0.39 is 0 Å². The van der Waals surface area contributed by atoms with Gasteiger partial charge < -0.3 is 5.32 Å². The number of hydrogen-bond acceptors (Lipinski definition) is 3. The standard InChI is InChI=1S/C12H12BrNOS2/c1-2-8(9-4-3-7-16-9)14-12(15)10-5-6-11(13)17-10/h3-8H,2H2,1H3,(H,14,15). The van der Waals surface area contributed by atoms with Crippen molar-refractivity contribution in [3.05, 3.63) is 43.2 Å². The van der Waals surface area contributed by atoms with Crippen LogP contribution in [-0.2, 0) is 0 Å². The Morgan fingerprint density at radius 1 is 1.47 bits per heavy atom. The van der Waals surface area contributed by atoms with Crippen LogP contribution >= 0.6 is 38.6 Å². The van der Waals surface area contributed by atoms with Gasteiger partial charge in [0.15, 0.2) is 0 Å². The second-order valence-electron chi connectivity index (χ2n) is 3.55. The summed E-state index contributed by atoms with van der Waals surface area (Å²) >= 11 is 6.49. The molecule has 2 aromatic heterocycles. The molecule has 17 heavy (non-hydrogen) atoms. The molecule has 0 fully saturated rings. The van der Waals surface area contributed by atoms with Gasteiger partial charge in [-0.15, -0.1) is 22.7 Å². The van der Waals surface area contributed by atoms with Crippen molar-refractivity contribution in [1.29, 1.82) is 0 Å². The average Bonchev–Trinajstić information content (AvgIpc) is 2.96. The molecule has 0 saturated carbocycles. The van der Waals surface area contributed by atoms with E-state index in [0.29, 0.717) is 0 Å². The Bertz CT molecular complexity index is 492. The van der Waals surface area contributed by atoms with Gasteiger partial charge in [0.2, 0.25) is 0 Å². The smallest absolute Gasteiger partial charge is 0.261 e. The highest BCUT2D eigenvalue weighted by Crippen LogP contribution is 2.25. The van der Waals surface area contributed by atoms with Crippen LogP contribution in [0.15, 0.2) is 33.4 Å². The summed E-state index contributed by atoms with van der Waals surface area (Å²) in [5.74, 6) is 0.000880. The molecule has 1 amide bonds. The van der Waals surface area contributed by atoms with Gasteiger partial charge in [-0.25, -0.2) is 0 Å². The van der Waals surface area contributed by atoms with E-state index in [9.17, 15) is 4.79 Å². The van der Waals surface area contributed by atoms with Gasteiger partial charge in [0.05, 0.1) is 14.7 Å². The first-order chi connectivity index (χ1) is 8.20. The molecule has 2 heterocycles. The zero-order chi connectivity index (χ0) is 12.3. The Kier molecular flexibility index (Phi) is 4.36. The van der Waals surface area contributed by atoms with Crippen molar-refractivity contribution in [3.8, 4) is 0 Å². The summed E-state index contributed by atoms with van der Waals surface area (Å²) in [6, 6.07) is 7.92. The number of nitrogens with one attached hydrogen (secondary N) is 1. The topological polar surface area (TPSA) is 29.1 Å². The van der Waals surface area contributed by atoms with Crippen molar-refractivity contribution < 1.29 is 4.79 Å². The summed E-state index contributed by atoms with van der Waals surface area (Å²) in [7, 11) is 0. The molecule has 0 aliphatic rings. The second-order valence-corrected chi connectivity index (χ2v) is 7.00. The van der Waals surface area contributed by atoms with Gasteiger partial charge in [0.1, 0.15) is 0 Å². The van der Waals surface area contributed by atoms with Gasteiger partial charge in [0, 0.05) is 4.88 Å². The molecule has 0 spiro atoms. The van der Waals surface area contributed by atoms with Crippen molar-refractivity contribution in [2.45, 2.75) is 19.4 Å². The molecular weight excluding hydrogens is 318 g/mol. The van der Waals surface area contributed by atoms with Crippen LogP contribution in [0.5, 0.6) is 0 Å². The molecular formula is C12H12BrNOS2. The van der Waals surface area contributed by atoms with E-state index in [1.807, 2.05) is 23.6 Å². The lowest BCUT2D eigenvalue weighted by molar-refractivity contribution is 0.0940. The van der Waals surface area contributed by atoms with E-state index in [-0.39, 0.29) is 11.9 Å². The van der Waals surface area contributed by atoms with E-state index in [1.54, 1.807) is 11.3 Å². The minimum absolute atomic E-state index is 0.000880. The largest absolute Gasteiger partial charge is 0.344 e. The lowest BCUT2D eigenvalue weighted by atomic mass is 10.2. The highest BCUT2D eigenvalue weighted by Gasteiger charge is 2.15. The van der Waals surface area contributed by atoms with Crippen LogP contribution in [-0.4, -0.2) is 5.91 Å². The maximum Gasteiger partial charge on any atom is 0.261 e. The van der Waals surface area contributed by atoms with E-state index in [1.165, 1.54) is 16.2 Å². The maximum absolute atomic E-state index is 12.0. The van der Waals surface area contributed by atoms with E-state index >= 15 is 0 Å². The van der Waals surface area contributed by atoms with Crippen LogP contribution in [0.1, 0.15) is 33.9 Å². The zero-order valence-electron chi connectivity index (χ0n) is 9.27. The van der Waals surface area contributed by atoms with Crippen LogP contribution in [0, 0.1) is 0 Å². The minimum atomic E-state index is 0.000880. The van der Waals surface area contributed by atoms with Crippen LogP contribution < -0.4 is 5.32 Å². The number of thiophene rings is 2. The third-order valence-corrected chi connectivity index (χ3v) is 5.01. The number of halogens is 1. The average molecular weight is 330 g/mol. The summed E-state index contributed by atoms with van der Waals surface area (Å²) in [6.07, 6.45) is 0.902. The lowest BCUT2D eigenvalue weighted by Gasteiger charge is -2.14. The minimum Gasteiger partial charge on any atom is -0.344 e. The first kappa shape index (κ1) is 12.8. The van der Waals surface area contributed by atoms with Gasteiger partial charge in [-0.3, -0.25) is 4.79 Å². The van der Waals surface area contributed by atoms with Crippen LogP contribution in [0.2, 0.25) is 0 Å². The molecule has 2 nitrogen and oxygen atoms in total. The fourth-order valence-corrected chi connectivity index (χ4v) is 3.68. The fraction of sp³-hybridized carbons (Fsp3) is 0.250. The van der Waals surface area contributed by atoms with Crippen molar-refractivity contribution >= 4 is 44.5 Å². The Balaban J connectivity index is 2.07. The molecule has 1 N–H and O–H groups in total. The van der Waals surface area contributed by atoms with Gasteiger partial charge in [-0.2, -0.15) is 0 Å². The molecule has 2 rings (SSSR count). The number of carbonyl (C=O) groups excluding carboxylic acids is 1. The Morgan fingerprint density at radius 2 is 2.29 bits per heavy atom. The van der Waals surface area contributed by atoms with Crippen LogP contribution in [0.3, 0.4) is 0 Å². The summed E-state index contributed by atoms with van der Waals surface area (Å²) in [5, 5.41) is 5.09. The number of hydrogen-bond donors (Lipinski definition) is 1. The quantitative estimate of drug-likeness (QED) is 0.881. The predicted octanol–water partition coefficient (Wildman–Crippen LogP) is 4.45. The molecule has 0 radical (unpaired) electrons. The van der Waals surface area contributed by atoms with Crippen LogP contribution in [0.25, 0.3) is 0 Å². The fourth-order valence-electron chi connectivity index (χ4n) is 1.53. The SMILES string of the molecule is CCC(NC(=O)c1ccc(Br)s1)c1cccs1. The first-order valence-electron chi connectivity index (χ1n) is 5.30. The number of rotatable bonds is 4. The predicted molar refractivity (Wildman–Crippen MR) is 76.8 cm³/mol. The summed E-state index contributed by atoms with van der Waals surface area (Å²) in [6.45, 7) is 2.08. The van der Waals surface area contributed by atoms with E-state index in [2.05, 4.69) is 34.2 Å². The van der Waals surface area contributed by atoms with Crippen molar-refractivity contribution in [2.24, 2.45) is 0 Å². The molecule has 2 aromatic rings. The molecule has 5 heteroatoms.